The molecule has 2 aromatic carbocycles. The van der Waals surface area contributed by atoms with Crippen LogP contribution in [0.4, 0.5) is 11.4 Å². The number of carbonyl (C=O) groups excluding carboxylic acids is 1. The predicted molar refractivity (Wildman–Crippen MR) is 99.3 cm³/mol. The molecular formula is C18H15N3O4S. The fraction of sp³-hybridized carbons (Fsp3) is 0.0556. The average molecular weight is 369 g/mol. The molecule has 0 unspecified atom stereocenters. The number of para-hydroxylation sites is 2. The van der Waals surface area contributed by atoms with Gasteiger partial charge in [0.2, 0.25) is 0 Å². The summed E-state index contributed by atoms with van der Waals surface area (Å²) in [6.45, 7) is 0.428. The van der Waals surface area contributed by atoms with Crippen LogP contribution in [0.15, 0.2) is 66.0 Å². The molecule has 3 rings (SSSR count). The van der Waals surface area contributed by atoms with Gasteiger partial charge in [0, 0.05) is 16.5 Å². The standard InChI is InChI=1S/C18H15N3O4S/c22-18(20-19-16-8-1-2-9-17(16)21(23)24)13-5-3-6-14(11-13)25-12-15-7-4-10-26-15/h1-11,19H,12H2,(H,20,22). The molecule has 0 spiro atoms. The highest BCUT2D eigenvalue weighted by molar-refractivity contribution is 7.09. The SMILES string of the molecule is O=C(NNc1ccccc1[N+](=O)[O-])c1cccc(OCc2cccs2)c1. The Morgan fingerprint density at radius 2 is 1.96 bits per heavy atom. The van der Waals surface area contributed by atoms with Gasteiger partial charge in [-0.1, -0.05) is 24.3 Å². The molecule has 7 nitrogen and oxygen atoms in total. The van der Waals surface area contributed by atoms with Crippen LogP contribution in [0.1, 0.15) is 15.2 Å². The number of hydrogen-bond acceptors (Lipinski definition) is 6. The van der Waals surface area contributed by atoms with Crippen LogP contribution in [-0.4, -0.2) is 10.8 Å². The molecule has 0 bridgehead atoms. The van der Waals surface area contributed by atoms with E-state index in [4.69, 9.17) is 4.74 Å². The molecular weight excluding hydrogens is 354 g/mol. The first-order valence-electron chi connectivity index (χ1n) is 7.68. The predicted octanol–water partition coefficient (Wildman–Crippen LogP) is 3.99. The van der Waals surface area contributed by atoms with E-state index in [-0.39, 0.29) is 11.4 Å². The summed E-state index contributed by atoms with van der Waals surface area (Å²) in [5.41, 5.74) is 5.50. The molecule has 0 atom stereocenters. The summed E-state index contributed by atoms with van der Waals surface area (Å²) in [7, 11) is 0. The van der Waals surface area contributed by atoms with Crippen molar-refractivity contribution in [1.82, 2.24) is 5.43 Å². The molecule has 1 aromatic heterocycles. The lowest BCUT2D eigenvalue weighted by atomic mass is 10.2. The number of rotatable bonds is 7. The molecule has 0 fully saturated rings. The second-order valence-corrected chi connectivity index (χ2v) is 6.28. The van der Waals surface area contributed by atoms with Crippen LogP contribution in [0.25, 0.3) is 0 Å². The van der Waals surface area contributed by atoms with Gasteiger partial charge in [0.1, 0.15) is 18.0 Å². The summed E-state index contributed by atoms with van der Waals surface area (Å²) in [6, 6.07) is 16.7. The van der Waals surface area contributed by atoms with Crippen LogP contribution in [0, 0.1) is 10.1 Å². The number of thiophene rings is 1. The van der Waals surface area contributed by atoms with Gasteiger partial charge in [0.25, 0.3) is 11.6 Å². The second-order valence-electron chi connectivity index (χ2n) is 5.25. The second kappa shape index (κ2) is 8.13. The van der Waals surface area contributed by atoms with Gasteiger partial charge in [-0.2, -0.15) is 0 Å². The van der Waals surface area contributed by atoms with E-state index in [0.29, 0.717) is 17.9 Å². The van der Waals surface area contributed by atoms with Crippen molar-refractivity contribution in [2.45, 2.75) is 6.61 Å². The number of hydrazine groups is 1. The molecule has 0 aliphatic heterocycles. The quantitative estimate of drug-likeness (QED) is 0.485. The molecule has 132 valence electrons. The zero-order valence-electron chi connectivity index (χ0n) is 13.5. The monoisotopic (exact) mass is 369 g/mol. The number of amides is 1. The van der Waals surface area contributed by atoms with Gasteiger partial charge in [-0.05, 0) is 35.7 Å². The third-order valence-electron chi connectivity index (χ3n) is 3.47. The van der Waals surface area contributed by atoms with Crippen molar-refractivity contribution in [1.29, 1.82) is 0 Å². The molecule has 0 saturated heterocycles. The topological polar surface area (TPSA) is 93.5 Å². The van der Waals surface area contributed by atoms with Crippen molar-refractivity contribution in [3.05, 3.63) is 86.6 Å². The molecule has 1 amide bonds. The molecule has 0 aliphatic carbocycles. The highest BCUT2D eigenvalue weighted by atomic mass is 32.1. The zero-order valence-corrected chi connectivity index (χ0v) is 14.4. The largest absolute Gasteiger partial charge is 0.488 e. The smallest absolute Gasteiger partial charge is 0.294 e. The van der Waals surface area contributed by atoms with E-state index in [0.717, 1.165) is 4.88 Å². The molecule has 2 N–H and O–H groups in total. The van der Waals surface area contributed by atoms with Crippen LogP contribution in [0.5, 0.6) is 5.75 Å². The normalized spacial score (nSPS) is 10.2. The fourth-order valence-electron chi connectivity index (χ4n) is 2.21. The van der Waals surface area contributed by atoms with Gasteiger partial charge < -0.3 is 4.74 Å². The first kappa shape index (κ1) is 17.4. The summed E-state index contributed by atoms with van der Waals surface area (Å²) in [5, 5.41) is 13.0. The van der Waals surface area contributed by atoms with Crippen molar-refractivity contribution in [3.63, 3.8) is 0 Å². The van der Waals surface area contributed by atoms with Crippen LogP contribution in [0.2, 0.25) is 0 Å². The lowest BCUT2D eigenvalue weighted by Gasteiger charge is -2.10. The number of nitro groups is 1. The van der Waals surface area contributed by atoms with E-state index < -0.39 is 10.8 Å². The number of anilines is 1. The Hall–Kier alpha value is -3.39. The molecule has 3 aromatic rings. The van der Waals surface area contributed by atoms with Crippen molar-refractivity contribution < 1.29 is 14.5 Å². The van der Waals surface area contributed by atoms with Gasteiger partial charge in [-0.3, -0.25) is 25.8 Å². The van der Waals surface area contributed by atoms with Gasteiger partial charge in [-0.25, -0.2) is 0 Å². The van der Waals surface area contributed by atoms with Crippen LogP contribution >= 0.6 is 11.3 Å². The number of nitrogens with one attached hydrogen (secondary N) is 2. The highest BCUT2D eigenvalue weighted by Gasteiger charge is 2.13. The summed E-state index contributed by atoms with van der Waals surface area (Å²) in [6.07, 6.45) is 0. The summed E-state index contributed by atoms with van der Waals surface area (Å²) < 4.78 is 5.68. The number of carbonyl (C=O) groups is 1. The summed E-state index contributed by atoms with van der Waals surface area (Å²) in [4.78, 5) is 23.8. The molecule has 1 heterocycles. The number of benzene rings is 2. The van der Waals surface area contributed by atoms with Gasteiger partial charge >= 0.3 is 0 Å². The Labute approximate surface area is 153 Å². The molecule has 0 radical (unpaired) electrons. The minimum Gasteiger partial charge on any atom is -0.488 e. The minimum atomic E-state index is -0.520. The van der Waals surface area contributed by atoms with E-state index in [1.807, 2.05) is 17.5 Å². The van der Waals surface area contributed by atoms with Gasteiger partial charge in [0.15, 0.2) is 0 Å². The van der Waals surface area contributed by atoms with Crippen molar-refractivity contribution in [3.8, 4) is 5.75 Å². The average Bonchev–Trinajstić information content (AvgIpc) is 3.18. The Morgan fingerprint density at radius 3 is 2.73 bits per heavy atom. The number of nitro benzene ring substituents is 1. The third-order valence-corrected chi connectivity index (χ3v) is 4.32. The molecule has 0 saturated carbocycles. The minimum absolute atomic E-state index is 0.124. The maximum absolute atomic E-state index is 12.3. The number of nitrogens with zero attached hydrogens (tertiary/aromatic N) is 1. The zero-order chi connectivity index (χ0) is 18.4. The van der Waals surface area contributed by atoms with Gasteiger partial charge in [-0.15, -0.1) is 11.3 Å². The van der Waals surface area contributed by atoms with Crippen LogP contribution in [-0.2, 0) is 6.61 Å². The van der Waals surface area contributed by atoms with E-state index in [1.54, 1.807) is 47.7 Å². The summed E-state index contributed by atoms with van der Waals surface area (Å²) in [5.74, 6) is 0.140. The first-order chi connectivity index (χ1) is 12.6. The molecule has 0 aliphatic rings. The Kier molecular flexibility index (Phi) is 5.45. The maximum atomic E-state index is 12.3. The number of hydrogen-bond donors (Lipinski definition) is 2. The third kappa shape index (κ3) is 4.37. The van der Waals surface area contributed by atoms with Crippen molar-refractivity contribution in [2.75, 3.05) is 5.43 Å². The molecule has 26 heavy (non-hydrogen) atoms. The lowest BCUT2D eigenvalue weighted by Crippen LogP contribution is -2.29. The molecule has 8 heteroatoms. The maximum Gasteiger partial charge on any atom is 0.294 e. The van der Waals surface area contributed by atoms with E-state index in [2.05, 4.69) is 10.9 Å². The fourth-order valence-corrected chi connectivity index (χ4v) is 2.83. The Morgan fingerprint density at radius 1 is 1.12 bits per heavy atom. The van der Waals surface area contributed by atoms with Gasteiger partial charge in [0.05, 0.1) is 4.92 Å². The Balaban J connectivity index is 1.63. The Bertz CT molecular complexity index is 912. The van der Waals surface area contributed by atoms with Crippen molar-refractivity contribution in [2.24, 2.45) is 0 Å². The van der Waals surface area contributed by atoms with E-state index in [1.165, 1.54) is 12.1 Å². The number of ether oxygens (including phenoxy) is 1. The van der Waals surface area contributed by atoms with E-state index in [9.17, 15) is 14.9 Å². The summed E-state index contributed by atoms with van der Waals surface area (Å²) >= 11 is 1.59. The lowest BCUT2D eigenvalue weighted by molar-refractivity contribution is -0.384. The highest BCUT2D eigenvalue weighted by Crippen LogP contribution is 2.22. The first-order valence-corrected chi connectivity index (χ1v) is 8.56. The van der Waals surface area contributed by atoms with Crippen molar-refractivity contribution >= 4 is 28.6 Å². The van der Waals surface area contributed by atoms with Crippen LogP contribution in [0.3, 0.4) is 0 Å². The van der Waals surface area contributed by atoms with E-state index >= 15 is 0 Å². The van der Waals surface area contributed by atoms with Crippen LogP contribution < -0.4 is 15.6 Å².